The summed E-state index contributed by atoms with van der Waals surface area (Å²) in [6, 6.07) is 4.91. The number of thiophene rings is 1. The Morgan fingerprint density at radius 1 is 1.27 bits per heavy atom. The minimum Gasteiger partial charge on any atom is -0.508 e. The zero-order valence-corrected chi connectivity index (χ0v) is 13.5. The van der Waals surface area contributed by atoms with Gasteiger partial charge in [0, 0.05) is 10.3 Å². The normalized spacial score (nSPS) is 11.2. The average molecular weight is 342 g/mol. The molecule has 8 heteroatoms. The number of hydrogen-bond donors (Lipinski definition) is 1. The van der Waals surface area contributed by atoms with E-state index in [0.717, 1.165) is 0 Å². The van der Waals surface area contributed by atoms with Crippen molar-refractivity contribution in [2.24, 2.45) is 0 Å². The topological polar surface area (TPSA) is 89.9 Å². The number of esters is 1. The number of rotatable bonds is 5. The van der Waals surface area contributed by atoms with Crippen molar-refractivity contribution in [3.63, 3.8) is 0 Å². The summed E-state index contributed by atoms with van der Waals surface area (Å²) < 4.78 is 34.4. The summed E-state index contributed by atoms with van der Waals surface area (Å²) >= 11 is 1.19. The van der Waals surface area contributed by atoms with Crippen LogP contribution in [0.4, 0.5) is 0 Å². The van der Waals surface area contributed by atoms with Crippen LogP contribution in [0.1, 0.15) is 22.2 Å². The molecule has 2 aromatic rings. The molecule has 0 aliphatic heterocycles. The molecule has 118 valence electrons. The zero-order valence-electron chi connectivity index (χ0n) is 11.9. The third-order valence-corrected chi connectivity index (χ3v) is 4.88. The monoisotopic (exact) mass is 342 g/mol. The number of aryl methyl sites for hydroxylation is 1. The number of hydrogen-bond acceptors (Lipinski definition) is 7. The fraction of sp³-hybridized carbons (Fsp3) is 0.214. The van der Waals surface area contributed by atoms with Crippen LogP contribution < -0.4 is 4.18 Å². The molecule has 6 nitrogen and oxygen atoms in total. The van der Waals surface area contributed by atoms with Crippen LogP contribution >= 0.6 is 11.3 Å². The number of carbonyl (C=O) groups is 1. The zero-order chi connectivity index (χ0) is 16.3. The van der Waals surface area contributed by atoms with Gasteiger partial charge in [0.05, 0.1) is 6.61 Å². The Labute approximate surface area is 132 Å². The maximum absolute atomic E-state index is 12.2. The Hall–Kier alpha value is -2.06. The molecule has 0 unspecified atom stereocenters. The fourth-order valence-electron chi connectivity index (χ4n) is 1.72. The molecule has 1 aromatic carbocycles. The van der Waals surface area contributed by atoms with E-state index < -0.39 is 16.1 Å². The van der Waals surface area contributed by atoms with Gasteiger partial charge in [-0.25, -0.2) is 4.79 Å². The third-order valence-electron chi connectivity index (χ3n) is 2.75. The molecule has 0 atom stereocenters. The maximum Gasteiger partial charge on any atom is 0.343 e. The Morgan fingerprint density at radius 2 is 1.91 bits per heavy atom. The van der Waals surface area contributed by atoms with E-state index in [0.29, 0.717) is 4.88 Å². The van der Waals surface area contributed by atoms with Crippen molar-refractivity contribution in [2.45, 2.75) is 18.7 Å². The Balaban J connectivity index is 2.34. The van der Waals surface area contributed by atoms with E-state index in [1.807, 2.05) is 0 Å². The summed E-state index contributed by atoms with van der Waals surface area (Å²) in [5.41, 5.74) is 0.106. The molecule has 1 N–H and O–H groups in total. The van der Waals surface area contributed by atoms with Crippen molar-refractivity contribution in [3.8, 4) is 11.5 Å². The van der Waals surface area contributed by atoms with Gasteiger partial charge in [0.15, 0.2) is 5.75 Å². The number of benzene rings is 1. The molecule has 0 bridgehead atoms. The van der Waals surface area contributed by atoms with Crippen molar-refractivity contribution in [2.75, 3.05) is 6.61 Å². The van der Waals surface area contributed by atoms with Gasteiger partial charge in [-0.05, 0) is 38.1 Å². The lowest BCUT2D eigenvalue weighted by Crippen LogP contribution is -2.13. The molecule has 1 aromatic heterocycles. The van der Waals surface area contributed by atoms with Crippen LogP contribution in [0.15, 0.2) is 34.5 Å². The molecule has 0 aliphatic rings. The van der Waals surface area contributed by atoms with Crippen LogP contribution in [-0.4, -0.2) is 26.1 Å². The van der Waals surface area contributed by atoms with Gasteiger partial charge in [-0.1, -0.05) is 0 Å². The second-order valence-electron chi connectivity index (χ2n) is 4.28. The Kier molecular flexibility index (Phi) is 4.72. The highest BCUT2D eigenvalue weighted by molar-refractivity contribution is 7.87. The Morgan fingerprint density at radius 3 is 2.50 bits per heavy atom. The van der Waals surface area contributed by atoms with Crippen LogP contribution in [0, 0.1) is 6.92 Å². The van der Waals surface area contributed by atoms with Gasteiger partial charge in [0.1, 0.15) is 16.2 Å². The first kappa shape index (κ1) is 16.3. The summed E-state index contributed by atoms with van der Waals surface area (Å²) in [7, 11) is -4.10. The van der Waals surface area contributed by atoms with E-state index in [4.69, 9.17) is 8.92 Å². The summed E-state index contributed by atoms with van der Waals surface area (Å²) in [6.45, 7) is 3.52. The predicted molar refractivity (Wildman–Crippen MR) is 80.9 cm³/mol. The predicted octanol–water partition coefficient (Wildman–Crippen LogP) is 2.71. The minimum absolute atomic E-state index is 0.0578. The molecule has 0 spiro atoms. The molecule has 0 aliphatic carbocycles. The molecule has 1 heterocycles. The van der Waals surface area contributed by atoms with Gasteiger partial charge >= 0.3 is 16.1 Å². The first-order valence-electron chi connectivity index (χ1n) is 6.34. The van der Waals surface area contributed by atoms with E-state index in [2.05, 4.69) is 0 Å². The molecular formula is C14H14O6S2. The average Bonchev–Trinajstić information content (AvgIpc) is 2.80. The van der Waals surface area contributed by atoms with Gasteiger partial charge < -0.3 is 14.0 Å². The standard InChI is InChI=1S/C14H14O6S2/c1-3-19-14(16)13-9(2)21-8-12(13)20-22(17,18)11-6-4-10(15)5-7-11/h4-8,15H,3H2,1-2H3. The van der Waals surface area contributed by atoms with Crippen LogP contribution in [0.5, 0.6) is 11.5 Å². The second-order valence-corrected chi connectivity index (χ2v) is 6.91. The quantitative estimate of drug-likeness (QED) is 0.664. The highest BCUT2D eigenvalue weighted by Gasteiger charge is 2.24. The Bertz CT molecular complexity index is 774. The van der Waals surface area contributed by atoms with Crippen LogP contribution in [0.3, 0.4) is 0 Å². The lowest BCUT2D eigenvalue weighted by Gasteiger charge is -2.08. The number of ether oxygens (including phenoxy) is 1. The fourth-order valence-corrected chi connectivity index (χ4v) is 3.47. The molecule has 2 rings (SSSR count). The second kappa shape index (κ2) is 6.37. The smallest absolute Gasteiger partial charge is 0.343 e. The van der Waals surface area contributed by atoms with Gasteiger partial charge in [0.25, 0.3) is 0 Å². The summed E-state index contributed by atoms with van der Waals surface area (Å²) in [5.74, 6) is -0.747. The number of aromatic hydroxyl groups is 1. The lowest BCUT2D eigenvalue weighted by atomic mass is 10.2. The van der Waals surface area contributed by atoms with Crippen molar-refractivity contribution in [1.29, 1.82) is 0 Å². The van der Waals surface area contributed by atoms with E-state index in [-0.39, 0.29) is 28.6 Å². The van der Waals surface area contributed by atoms with E-state index in [1.165, 1.54) is 41.0 Å². The summed E-state index contributed by atoms with van der Waals surface area (Å²) in [4.78, 5) is 12.4. The molecule has 0 radical (unpaired) electrons. The number of phenolic OH excluding ortho intramolecular Hbond substituents is 1. The highest BCUT2D eigenvalue weighted by atomic mass is 32.2. The molecule has 0 fully saturated rings. The first-order chi connectivity index (χ1) is 10.3. The van der Waals surface area contributed by atoms with Gasteiger partial charge in [-0.3, -0.25) is 0 Å². The molecular weight excluding hydrogens is 328 g/mol. The van der Waals surface area contributed by atoms with Crippen LogP contribution in [0.2, 0.25) is 0 Å². The molecule has 0 amide bonds. The van der Waals surface area contributed by atoms with Gasteiger partial charge in [0.2, 0.25) is 0 Å². The van der Waals surface area contributed by atoms with Crippen molar-refractivity contribution in [3.05, 3.63) is 40.1 Å². The molecule has 0 saturated heterocycles. The SMILES string of the molecule is CCOC(=O)c1c(OS(=O)(=O)c2ccc(O)cc2)csc1C. The maximum atomic E-state index is 12.2. The highest BCUT2D eigenvalue weighted by Crippen LogP contribution is 2.32. The minimum atomic E-state index is -4.10. The van der Waals surface area contributed by atoms with E-state index in [9.17, 15) is 18.3 Å². The van der Waals surface area contributed by atoms with Gasteiger partial charge in [-0.15, -0.1) is 11.3 Å². The van der Waals surface area contributed by atoms with Crippen molar-refractivity contribution < 1.29 is 27.2 Å². The van der Waals surface area contributed by atoms with E-state index >= 15 is 0 Å². The first-order valence-corrected chi connectivity index (χ1v) is 8.62. The van der Waals surface area contributed by atoms with Crippen molar-refractivity contribution in [1.82, 2.24) is 0 Å². The summed E-state index contributed by atoms with van der Waals surface area (Å²) in [6.07, 6.45) is 0. The van der Waals surface area contributed by atoms with Crippen molar-refractivity contribution >= 4 is 27.4 Å². The van der Waals surface area contributed by atoms with Crippen LogP contribution in [-0.2, 0) is 14.9 Å². The molecule has 0 saturated carbocycles. The summed E-state index contributed by atoms with van der Waals surface area (Å²) in [5, 5.41) is 10.6. The van der Waals surface area contributed by atoms with E-state index in [1.54, 1.807) is 13.8 Å². The van der Waals surface area contributed by atoms with Gasteiger partial charge in [-0.2, -0.15) is 8.42 Å². The van der Waals surface area contributed by atoms with Crippen LogP contribution in [0.25, 0.3) is 0 Å². The molecule has 22 heavy (non-hydrogen) atoms. The largest absolute Gasteiger partial charge is 0.508 e. The number of phenols is 1. The number of carbonyl (C=O) groups excluding carboxylic acids is 1. The third kappa shape index (κ3) is 3.40. The lowest BCUT2D eigenvalue weighted by molar-refractivity contribution is 0.0524.